The fourth-order valence-corrected chi connectivity index (χ4v) is 2.78. The second-order valence-corrected chi connectivity index (χ2v) is 6.28. The summed E-state index contributed by atoms with van der Waals surface area (Å²) in [4.78, 5) is 18.8. The number of hydrazine groups is 1. The number of carbonyl (C=O) groups is 1. The van der Waals surface area contributed by atoms with Crippen LogP contribution in [-0.2, 0) is 19.8 Å². The molecule has 2 rings (SSSR count). The Hall–Kier alpha value is -3.15. The minimum atomic E-state index is -3.97. The Morgan fingerprint density at radius 3 is 2.52 bits per heavy atom. The number of amides is 1. The molecule has 2 aromatic rings. The molecule has 0 aliphatic rings. The lowest BCUT2D eigenvalue weighted by Gasteiger charge is -2.18. The summed E-state index contributed by atoms with van der Waals surface area (Å²) < 4.78 is 25.4. The van der Waals surface area contributed by atoms with Crippen molar-refractivity contribution in [3.8, 4) is 0 Å². The Balaban J connectivity index is 2.15. The first kappa shape index (κ1) is 18.2. The second kappa shape index (κ2) is 8.10. The van der Waals surface area contributed by atoms with Gasteiger partial charge in [0, 0.05) is 12.3 Å². The monoisotopic (exact) mass is 362 g/mol. The Morgan fingerprint density at radius 1 is 1.20 bits per heavy atom. The van der Waals surface area contributed by atoms with Crippen LogP contribution in [0.5, 0.6) is 0 Å². The lowest BCUT2D eigenvalue weighted by atomic mass is 10.2. The molecule has 1 amide bonds. The number of hydrogen-bond donors (Lipinski definition) is 2. The summed E-state index contributed by atoms with van der Waals surface area (Å²) in [5.41, 5.74) is 0.843. The number of aromatic nitrogens is 1. The zero-order chi connectivity index (χ0) is 18.3. The van der Waals surface area contributed by atoms with Gasteiger partial charge in [0.2, 0.25) is 0 Å². The van der Waals surface area contributed by atoms with E-state index in [1.807, 2.05) is 0 Å². The molecule has 0 fully saturated rings. The van der Waals surface area contributed by atoms with Crippen molar-refractivity contribution in [1.82, 2.24) is 4.98 Å². The largest absolute Gasteiger partial charge is 0.295 e. The number of benzene rings is 1. The molecule has 10 nitrogen and oxygen atoms in total. The van der Waals surface area contributed by atoms with Crippen molar-refractivity contribution < 1.29 is 18.2 Å². The van der Waals surface area contributed by atoms with E-state index in [9.17, 15) is 13.2 Å². The van der Waals surface area contributed by atoms with Crippen LogP contribution in [0.3, 0.4) is 0 Å². The van der Waals surface area contributed by atoms with Crippen molar-refractivity contribution >= 4 is 27.7 Å². The van der Waals surface area contributed by atoms with Gasteiger partial charge in [0.25, 0.3) is 15.9 Å². The molecule has 0 saturated heterocycles. The molecular weight excluding hydrogens is 348 g/mol. The van der Waals surface area contributed by atoms with Crippen LogP contribution in [0.2, 0.25) is 0 Å². The van der Waals surface area contributed by atoms with Gasteiger partial charge in [-0.3, -0.25) is 9.73 Å². The molecule has 0 radical (unpaired) electrons. The normalized spacial score (nSPS) is 11.8. The van der Waals surface area contributed by atoms with E-state index in [2.05, 4.69) is 26.2 Å². The smallest absolute Gasteiger partial charge is 0.282 e. The van der Waals surface area contributed by atoms with Gasteiger partial charge in [-0.1, -0.05) is 23.3 Å². The van der Waals surface area contributed by atoms with E-state index >= 15 is 0 Å². The van der Waals surface area contributed by atoms with E-state index in [0.29, 0.717) is 9.98 Å². The first-order valence-electron chi connectivity index (χ1n) is 6.75. The van der Waals surface area contributed by atoms with E-state index in [4.69, 9.17) is 5.84 Å². The predicted molar refractivity (Wildman–Crippen MR) is 88.7 cm³/mol. The molecule has 0 saturated carbocycles. The third-order valence-corrected chi connectivity index (χ3v) is 4.41. The maximum atomic E-state index is 12.4. The Kier molecular flexibility index (Phi) is 5.89. The van der Waals surface area contributed by atoms with Crippen LogP contribution in [0.25, 0.3) is 6.08 Å². The zero-order valence-corrected chi connectivity index (χ0v) is 13.6. The summed E-state index contributed by atoms with van der Waals surface area (Å²) >= 11 is 0. The highest BCUT2D eigenvalue weighted by Gasteiger charge is 2.23. The average Bonchev–Trinajstić information content (AvgIpc) is 2.65. The van der Waals surface area contributed by atoms with E-state index in [0.717, 1.165) is 6.08 Å². The molecule has 0 bridgehead atoms. The molecule has 0 atom stereocenters. The molecule has 0 spiro atoms. The quantitative estimate of drug-likeness (QED) is 0.335. The summed E-state index contributed by atoms with van der Waals surface area (Å²) in [5.74, 6) is 9.64. The van der Waals surface area contributed by atoms with Crippen LogP contribution in [-0.4, -0.2) is 19.3 Å². The van der Waals surface area contributed by atoms with Crippen molar-refractivity contribution in [3.63, 3.8) is 0 Å². The summed E-state index contributed by atoms with van der Waals surface area (Å²) in [7, 11) is -3.97. The molecule has 4 N–H and O–H groups in total. The van der Waals surface area contributed by atoms with Crippen molar-refractivity contribution in [2.75, 3.05) is 4.41 Å². The van der Waals surface area contributed by atoms with E-state index in [1.54, 1.807) is 24.3 Å². The number of hydrogen-bond acceptors (Lipinski definition) is 8. The van der Waals surface area contributed by atoms with Crippen molar-refractivity contribution in [1.29, 1.82) is 0 Å². The van der Waals surface area contributed by atoms with Crippen LogP contribution in [0, 0.1) is 0 Å². The Labute approximate surface area is 143 Å². The Morgan fingerprint density at radius 2 is 1.92 bits per heavy atom. The number of sulfonamides is 1. The van der Waals surface area contributed by atoms with Crippen molar-refractivity contribution in [2.24, 2.45) is 22.1 Å². The SMILES string of the molecule is NON=NC(=O)/C=C/c1ccc(N(N)S(=O)(=O)c2ccccn2)cc1. The van der Waals surface area contributed by atoms with Gasteiger partial charge in [-0.25, -0.2) is 15.2 Å². The van der Waals surface area contributed by atoms with Crippen LogP contribution in [0.4, 0.5) is 5.69 Å². The van der Waals surface area contributed by atoms with E-state index in [1.165, 1.54) is 30.5 Å². The highest BCUT2D eigenvalue weighted by Crippen LogP contribution is 2.20. The number of nitrogens with zero attached hydrogens (tertiary/aromatic N) is 4. The number of pyridine rings is 1. The molecule has 11 heteroatoms. The molecule has 130 valence electrons. The number of anilines is 1. The lowest BCUT2D eigenvalue weighted by molar-refractivity contribution is -0.114. The molecular formula is C14H14N6O4S. The van der Waals surface area contributed by atoms with Crippen LogP contribution in [0.15, 0.2) is 70.2 Å². The molecule has 1 aromatic carbocycles. The van der Waals surface area contributed by atoms with Gasteiger partial charge in [0.1, 0.15) is 0 Å². The third-order valence-electron chi connectivity index (χ3n) is 2.91. The summed E-state index contributed by atoms with van der Waals surface area (Å²) in [6.07, 6.45) is 3.96. The number of nitrogens with two attached hydrogens (primary N) is 2. The summed E-state index contributed by atoms with van der Waals surface area (Å²) in [5, 5.41) is 5.82. The molecule has 0 aliphatic carbocycles. The van der Waals surface area contributed by atoms with Gasteiger partial charge in [-0.05, 0) is 35.9 Å². The second-order valence-electron chi connectivity index (χ2n) is 4.52. The first-order chi connectivity index (χ1) is 11.9. The number of carbonyl (C=O) groups excluding carboxylic acids is 1. The van der Waals surface area contributed by atoms with Crippen LogP contribution >= 0.6 is 0 Å². The summed E-state index contributed by atoms with van der Waals surface area (Å²) in [6.45, 7) is 0. The van der Waals surface area contributed by atoms with E-state index < -0.39 is 15.9 Å². The van der Waals surface area contributed by atoms with Gasteiger partial charge >= 0.3 is 0 Å². The standard InChI is InChI=1S/C14H14N6O4S/c15-20(25(22,23)14-3-1-2-10-17-14)12-7-4-11(5-8-12)6-9-13(21)18-19-24-16/h1-10H,15-16H2/b9-6+,19-18?. The van der Waals surface area contributed by atoms with Gasteiger partial charge in [0.15, 0.2) is 5.03 Å². The molecule has 25 heavy (non-hydrogen) atoms. The molecule has 1 heterocycles. The molecule has 0 unspecified atom stereocenters. The van der Waals surface area contributed by atoms with Crippen molar-refractivity contribution in [3.05, 3.63) is 60.3 Å². The molecule has 1 aromatic heterocycles. The van der Waals surface area contributed by atoms with Gasteiger partial charge in [-0.15, -0.1) is 5.90 Å². The lowest BCUT2D eigenvalue weighted by Crippen LogP contribution is -2.37. The fraction of sp³-hybridized carbons (Fsp3) is 0. The van der Waals surface area contributed by atoms with Gasteiger partial charge in [0.05, 0.1) is 11.0 Å². The van der Waals surface area contributed by atoms with E-state index in [-0.39, 0.29) is 10.7 Å². The average molecular weight is 362 g/mol. The maximum Gasteiger partial charge on any atom is 0.295 e. The highest BCUT2D eigenvalue weighted by molar-refractivity contribution is 7.92. The van der Waals surface area contributed by atoms with Crippen molar-refractivity contribution in [2.45, 2.75) is 5.03 Å². The topological polar surface area (TPSA) is 153 Å². The minimum absolute atomic E-state index is 0.167. The summed E-state index contributed by atoms with van der Waals surface area (Å²) in [6, 6.07) is 10.6. The molecule has 0 aliphatic heterocycles. The van der Waals surface area contributed by atoms with Gasteiger partial charge < -0.3 is 0 Å². The third kappa shape index (κ3) is 4.67. The van der Waals surface area contributed by atoms with Crippen LogP contribution < -0.4 is 16.2 Å². The minimum Gasteiger partial charge on any atom is -0.282 e. The highest BCUT2D eigenvalue weighted by atomic mass is 32.2. The fourth-order valence-electron chi connectivity index (χ4n) is 1.74. The first-order valence-corrected chi connectivity index (χ1v) is 8.19. The Bertz CT molecular complexity index is 881. The predicted octanol–water partition coefficient (Wildman–Crippen LogP) is 0.948. The van der Waals surface area contributed by atoms with Gasteiger partial charge in [-0.2, -0.15) is 8.42 Å². The van der Waals surface area contributed by atoms with Crippen LogP contribution in [0.1, 0.15) is 5.56 Å². The zero-order valence-electron chi connectivity index (χ0n) is 12.8. The maximum absolute atomic E-state index is 12.4. The number of rotatable bonds is 6.